The second kappa shape index (κ2) is 5.24. The van der Waals surface area contributed by atoms with Crippen LogP contribution in [0.15, 0.2) is 29.3 Å². The highest BCUT2D eigenvalue weighted by molar-refractivity contribution is 5.93. The molecule has 1 aromatic carbocycles. The first-order valence-electron chi connectivity index (χ1n) is 4.59. The Balaban J connectivity index is 2.68. The maximum atomic E-state index is 5.24. The molecule has 0 aliphatic rings. The zero-order chi connectivity index (χ0) is 10.4. The predicted molar refractivity (Wildman–Crippen MR) is 60.1 cm³/mol. The van der Waals surface area contributed by atoms with Crippen LogP contribution in [0.2, 0.25) is 0 Å². The van der Waals surface area contributed by atoms with Crippen molar-refractivity contribution < 1.29 is 0 Å². The van der Waals surface area contributed by atoms with Crippen LogP contribution in [0.1, 0.15) is 12.5 Å². The number of rotatable bonds is 2. The Bertz CT molecular complexity index is 302. The molecule has 4 nitrogen and oxygen atoms in total. The molecule has 0 aliphatic carbocycles. The van der Waals surface area contributed by atoms with E-state index in [9.17, 15) is 0 Å². The molecular weight excluding hydrogens is 176 g/mol. The molecule has 4 N–H and O–H groups in total. The average Bonchev–Trinajstić information content (AvgIpc) is 2.26. The topological polar surface area (TPSA) is 62.4 Å². The summed E-state index contributed by atoms with van der Waals surface area (Å²) in [5, 5.41) is 3.04. The molecule has 0 saturated carbocycles. The van der Waals surface area contributed by atoms with E-state index in [1.165, 1.54) is 5.56 Å². The van der Waals surface area contributed by atoms with Gasteiger partial charge in [-0.05, 0) is 24.1 Å². The van der Waals surface area contributed by atoms with Gasteiger partial charge in [-0.15, -0.1) is 0 Å². The van der Waals surface area contributed by atoms with Gasteiger partial charge in [0.1, 0.15) is 0 Å². The molecule has 0 atom stereocenters. The number of hydrogen-bond acceptors (Lipinski definition) is 2. The van der Waals surface area contributed by atoms with Gasteiger partial charge in [0.05, 0.1) is 0 Å². The van der Waals surface area contributed by atoms with Gasteiger partial charge in [0, 0.05) is 12.7 Å². The Kier molecular flexibility index (Phi) is 3.94. The van der Waals surface area contributed by atoms with Crippen molar-refractivity contribution in [1.82, 2.24) is 5.43 Å². The molecule has 14 heavy (non-hydrogen) atoms. The van der Waals surface area contributed by atoms with Crippen molar-refractivity contribution in [3.63, 3.8) is 0 Å². The first-order chi connectivity index (χ1) is 6.80. The van der Waals surface area contributed by atoms with Crippen molar-refractivity contribution in [3.05, 3.63) is 29.8 Å². The van der Waals surface area contributed by atoms with Crippen molar-refractivity contribution in [2.45, 2.75) is 13.3 Å². The summed E-state index contributed by atoms with van der Waals surface area (Å²) in [5.74, 6) is 5.79. The molecule has 0 aromatic heterocycles. The third-order valence-corrected chi connectivity index (χ3v) is 1.99. The van der Waals surface area contributed by atoms with Crippen LogP contribution in [0.25, 0.3) is 0 Å². The largest absolute Gasteiger partial charge is 0.325 e. The molecule has 1 rings (SSSR count). The lowest BCUT2D eigenvalue weighted by Crippen LogP contribution is -2.36. The molecule has 0 saturated heterocycles. The third kappa shape index (κ3) is 2.74. The van der Waals surface area contributed by atoms with E-state index in [1.807, 2.05) is 12.1 Å². The van der Waals surface area contributed by atoms with Crippen molar-refractivity contribution in [3.8, 4) is 0 Å². The minimum Gasteiger partial charge on any atom is -0.325 e. The van der Waals surface area contributed by atoms with Crippen LogP contribution in [0, 0.1) is 0 Å². The van der Waals surface area contributed by atoms with Gasteiger partial charge in [-0.3, -0.25) is 10.4 Å². The monoisotopic (exact) mass is 192 g/mol. The highest BCUT2D eigenvalue weighted by Gasteiger charge is 1.95. The molecule has 4 heteroatoms. The Morgan fingerprint density at radius 2 is 2.00 bits per heavy atom. The molecule has 0 fully saturated rings. The van der Waals surface area contributed by atoms with Crippen molar-refractivity contribution >= 4 is 11.6 Å². The van der Waals surface area contributed by atoms with Crippen LogP contribution in [0.5, 0.6) is 0 Å². The molecule has 0 amide bonds. The lowest BCUT2D eigenvalue weighted by molar-refractivity contribution is 1.01. The maximum Gasteiger partial charge on any atom is 0.209 e. The van der Waals surface area contributed by atoms with E-state index >= 15 is 0 Å². The van der Waals surface area contributed by atoms with Gasteiger partial charge in [0.25, 0.3) is 0 Å². The summed E-state index contributed by atoms with van der Waals surface area (Å²) in [5.41, 5.74) is 4.75. The third-order valence-electron chi connectivity index (χ3n) is 1.99. The van der Waals surface area contributed by atoms with E-state index < -0.39 is 0 Å². The SMILES string of the molecule is CCc1ccc(NC(=NC)NN)cc1. The molecular formula is C10H16N4. The van der Waals surface area contributed by atoms with Crippen molar-refractivity contribution in [1.29, 1.82) is 0 Å². The standard InChI is InChI=1S/C10H16N4/c1-3-8-4-6-9(7-5-8)13-10(12-2)14-11/h4-7H,3,11H2,1-2H3,(H2,12,13,14). The summed E-state index contributed by atoms with van der Waals surface area (Å²) in [6.07, 6.45) is 1.05. The molecule has 0 aliphatic heterocycles. The average molecular weight is 192 g/mol. The minimum atomic E-state index is 0.550. The summed E-state index contributed by atoms with van der Waals surface area (Å²) in [6.45, 7) is 2.13. The quantitative estimate of drug-likeness (QED) is 0.285. The Labute approximate surface area is 84.2 Å². The number of aryl methyl sites for hydroxylation is 1. The summed E-state index contributed by atoms with van der Waals surface area (Å²) in [4.78, 5) is 3.91. The van der Waals surface area contributed by atoms with E-state index in [1.54, 1.807) is 7.05 Å². The van der Waals surface area contributed by atoms with Gasteiger partial charge in [-0.2, -0.15) is 0 Å². The smallest absolute Gasteiger partial charge is 0.209 e. The van der Waals surface area contributed by atoms with Crippen LogP contribution >= 0.6 is 0 Å². The number of guanidine groups is 1. The van der Waals surface area contributed by atoms with Crippen LogP contribution in [0.4, 0.5) is 5.69 Å². The lowest BCUT2D eigenvalue weighted by atomic mass is 10.1. The van der Waals surface area contributed by atoms with Gasteiger partial charge < -0.3 is 5.32 Å². The number of benzene rings is 1. The van der Waals surface area contributed by atoms with Crippen LogP contribution in [-0.4, -0.2) is 13.0 Å². The Morgan fingerprint density at radius 1 is 1.36 bits per heavy atom. The number of aliphatic imine (C=N–C) groups is 1. The first kappa shape index (κ1) is 10.5. The molecule has 0 heterocycles. The van der Waals surface area contributed by atoms with Gasteiger partial charge in [-0.25, -0.2) is 5.84 Å². The number of hydrazine groups is 1. The zero-order valence-corrected chi connectivity index (χ0v) is 8.54. The summed E-state index contributed by atoms with van der Waals surface area (Å²) in [6, 6.07) is 8.15. The molecule has 0 spiro atoms. The van der Waals surface area contributed by atoms with E-state index in [-0.39, 0.29) is 0 Å². The molecule has 0 radical (unpaired) electrons. The fourth-order valence-corrected chi connectivity index (χ4v) is 1.12. The van der Waals surface area contributed by atoms with Crippen LogP contribution in [-0.2, 0) is 6.42 Å². The predicted octanol–water partition coefficient (Wildman–Crippen LogP) is 1.11. The number of nitrogens with two attached hydrogens (primary N) is 1. The minimum absolute atomic E-state index is 0.550. The number of hydrogen-bond donors (Lipinski definition) is 3. The normalized spacial score (nSPS) is 11.2. The summed E-state index contributed by atoms with van der Waals surface area (Å²) >= 11 is 0. The highest BCUT2D eigenvalue weighted by atomic mass is 15.3. The fraction of sp³-hybridized carbons (Fsp3) is 0.300. The van der Waals surface area contributed by atoms with E-state index in [4.69, 9.17) is 5.84 Å². The van der Waals surface area contributed by atoms with Crippen LogP contribution in [0.3, 0.4) is 0 Å². The van der Waals surface area contributed by atoms with Gasteiger partial charge in [0.15, 0.2) is 0 Å². The Morgan fingerprint density at radius 3 is 2.43 bits per heavy atom. The Hall–Kier alpha value is -1.55. The second-order valence-corrected chi connectivity index (χ2v) is 2.89. The van der Waals surface area contributed by atoms with E-state index in [0.717, 1.165) is 12.1 Å². The fourth-order valence-electron chi connectivity index (χ4n) is 1.12. The first-order valence-corrected chi connectivity index (χ1v) is 4.59. The molecule has 1 aromatic rings. The van der Waals surface area contributed by atoms with Gasteiger partial charge in [0.2, 0.25) is 5.96 Å². The maximum absolute atomic E-state index is 5.24. The van der Waals surface area contributed by atoms with Gasteiger partial charge >= 0.3 is 0 Å². The highest BCUT2D eigenvalue weighted by Crippen LogP contribution is 2.09. The molecule has 0 unspecified atom stereocenters. The number of nitrogens with one attached hydrogen (secondary N) is 2. The summed E-state index contributed by atoms with van der Waals surface area (Å²) in [7, 11) is 1.67. The number of anilines is 1. The lowest BCUT2D eigenvalue weighted by Gasteiger charge is -2.08. The summed E-state index contributed by atoms with van der Waals surface area (Å²) < 4.78 is 0. The van der Waals surface area contributed by atoms with Crippen molar-refractivity contribution in [2.24, 2.45) is 10.8 Å². The van der Waals surface area contributed by atoms with E-state index in [0.29, 0.717) is 5.96 Å². The zero-order valence-electron chi connectivity index (χ0n) is 8.54. The van der Waals surface area contributed by atoms with Gasteiger partial charge in [-0.1, -0.05) is 19.1 Å². The molecule has 76 valence electrons. The molecule has 0 bridgehead atoms. The van der Waals surface area contributed by atoms with Crippen molar-refractivity contribution in [2.75, 3.05) is 12.4 Å². The van der Waals surface area contributed by atoms with E-state index in [2.05, 4.69) is 34.8 Å². The second-order valence-electron chi connectivity index (χ2n) is 2.89. The van der Waals surface area contributed by atoms with Crippen LogP contribution < -0.4 is 16.6 Å². The number of nitrogens with zero attached hydrogens (tertiary/aromatic N) is 1.